The standard InChI is InChI=1S/C6H6N4S.Na.H/c1-11-6-4-5(8-2-7-4)9-3-10-6;;/h2-3H,1H3,(H,7,8,9,10);;. The molecule has 0 atom stereocenters. The van der Waals surface area contributed by atoms with Crippen molar-refractivity contribution in [3.63, 3.8) is 0 Å². The Morgan fingerprint density at radius 2 is 2.17 bits per heavy atom. The SMILES string of the molecule is CSc1ncnc2nc[nH]c12.[NaH]. The topological polar surface area (TPSA) is 54.5 Å². The molecule has 0 fully saturated rings. The Bertz CT molecular complexity index is 374. The van der Waals surface area contributed by atoms with Crippen LogP contribution in [0.25, 0.3) is 11.2 Å². The van der Waals surface area contributed by atoms with Gasteiger partial charge >= 0.3 is 29.6 Å². The molecule has 0 saturated carbocycles. The van der Waals surface area contributed by atoms with Gasteiger partial charge in [-0.25, -0.2) is 15.0 Å². The summed E-state index contributed by atoms with van der Waals surface area (Å²) in [6, 6.07) is 0. The van der Waals surface area contributed by atoms with E-state index in [1.54, 1.807) is 18.1 Å². The van der Waals surface area contributed by atoms with Crippen molar-refractivity contribution < 1.29 is 0 Å². The summed E-state index contributed by atoms with van der Waals surface area (Å²) in [6.45, 7) is 0. The zero-order valence-corrected chi connectivity index (χ0v) is 6.72. The van der Waals surface area contributed by atoms with Crippen LogP contribution in [0.1, 0.15) is 0 Å². The van der Waals surface area contributed by atoms with Gasteiger partial charge in [-0.1, -0.05) is 0 Å². The van der Waals surface area contributed by atoms with E-state index >= 15 is 0 Å². The van der Waals surface area contributed by atoms with Gasteiger partial charge in [-0.15, -0.1) is 11.8 Å². The molecule has 0 unspecified atom stereocenters. The molecule has 0 aliphatic heterocycles. The van der Waals surface area contributed by atoms with Crippen molar-refractivity contribution in [2.75, 3.05) is 6.26 Å². The molecule has 2 aromatic heterocycles. The maximum atomic E-state index is 4.08. The van der Waals surface area contributed by atoms with Gasteiger partial charge in [-0.3, -0.25) is 0 Å². The molecule has 6 heteroatoms. The third-order valence-corrected chi connectivity index (χ3v) is 2.08. The molecule has 0 amide bonds. The van der Waals surface area contributed by atoms with E-state index in [-0.39, 0.29) is 29.6 Å². The van der Waals surface area contributed by atoms with Gasteiger partial charge in [0.05, 0.1) is 6.33 Å². The van der Waals surface area contributed by atoms with Crippen molar-refractivity contribution in [1.82, 2.24) is 19.9 Å². The first kappa shape index (κ1) is 9.98. The number of aromatic nitrogens is 4. The first-order valence-electron chi connectivity index (χ1n) is 3.10. The summed E-state index contributed by atoms with van der Waals surface area (Å²) < 4.78 is 0. The van der Waals surface area contributed by atoms with Crippen molar-refractivity contribution in [3.8, 4) is 0 Å². The number of hydrogen-bond donors (Lipinski definition) is 1. The molecule has 0 aromatic carbocycles. The Morgan fingerprint density at radius 3 is 2.92 bits per heavy atom. The molecule has 12 heavy (non-hydrogen) atoms. The van der Waals surface area contributed by atoms with E-state index in [1.807, 2.05) is 6.26 Å². The van der Waals surface area contributed by atoms with Gasteiger partial charge in [-0.2, -0.15) is 0 Å². The van der Waals surface area contributed by atoms with E-state index in [0.717, 1.165) is 16.2 Å². The minimum atomic E-state index is 0. The Labute approximate surface area is 95.9 Å². The quantitative estimate of drug-likeness (QED) is 0.402. The minimum absolute atomic E-state index is 0. The van der Waals surface area contributed by atoms with Crippen molar-refractivity contribution >= 4 is 52.5 Å². The molecule has 4 nitrogen and oxygen atoms in total. The predicted molar refractivity (Wildman–Crippen MR) is 50.6 cm³/mol. The van der Waals surface area contributed by atoms with Crippen LogP contribution < -0.4 is 0 Å². The number of rotatable bonds is 1. The van der Waals surface area contributed by atoms with E-state index in [9.17, 15) is 0 Å². The Kier molecular flexibility index (Phi) is 3.52. The molecule has 0 saturated heterocycles. The summed E-state index contributed by atoms with van der Waals surface area (Å²) >= 11 is 1.58. The number of nitrogens with zero attached hydrogens (tertiary/aromatic N) is 3. The summed E-state index contributed by atoms with van der Waals surface area (Å²) in [5.41, 5.74) is 1.64. The summed E-state index contributed by atoms with van der Waals surface area (Å²) in [5, 5.41) is 0.938. The van der Waals surface area contributed by atoms with Crippen LogP contribution in [0.15, 0.2) is 17.7 Å². The molecule has 2 rings (SSSR count). The van der Waals surface area contributed by atoms with E-state index < -0.39 is 0 Å². The summed E-state index contributed by atoms with van der Waals surface area (Å²) in [6.07, 6.45) is 5.12. The van der Waals surface area contributed by atoms with Crippen LogP contribution in [-0.2, 0) is 0 Å². The average molecular weight is 190 g/mol. The first-order chi connectivity index (χ1) is 5.42. The van der Waals surface area contributed by atoms with Crippen LogP contribution in [0.4, 0.5) is 0 Å². The summed E-state index contributed by atoms with van der Waals surface area (Å²) in [5.74, 6) is 0. The van der Waals surface area contributed by atoms with Gasteiger partial charge in [0.15, 0.2) is 5.65 Å². The van der Waals surface area contributed by atoms with Crippen molar-refractivity contribution in [1.29, 1.82) is 0 Å². The molecular weight excluding hydrogens is 183 g/mol. The number of aromatic amines is 1. The fraction of sp³-hybridized carbons (Fsp3) is 0.167. The number of H-pyrrole nitrogens is 1. The monoisotopic (exact) mass is 190 g/mol. The van der Waals surface area contributed by atoms with Crippen LogP contribution >= 0.6 is 11.8 Å². The van der Waals surface area contributed by atoms with Crippen LogP contribution in [0.3, 0.4) is 0 Å². The Hall–Kier alpha value is -0.100. The molecule has 0 aliphatic carbocycles. The van der Waals surface area contributed by atoms with E-state index in [1.165, 1.54) is 6.33 Å². The number of imidazole rings is 1. The molecule has 1 N–H and O–H groups in total. The van der Waals surface area contributed by atoms with Crippen LogP contribution in [0.5, 0.6) is 0 Å². The zero-order valence-electron chi connectivity index (χ0n) is 5.90. The second kappa shape index (κ2) is 4.23. The van der Waals surface area contributed by atoms with Gasteiger partial charge in [0, 0.05) is 0 Å². The number of nitrogens with one attached hydrogen (secondary N) is 1. The summed E-state index contributed by atoms with van der Waals surface area (Å²) in [7, 11) is 0. The van der Waals surface area contributed by atoms with Crippen molar-refractivity contribution in [3.05, 3.63) is 12.7 Å². The number of hydrogen-bond acceptors (Lipinski definition) is 4. The van der Waals surface area contributed by atoms with Gasteiger partial charge in [-0.05, 0) is 6.26 Å². The summed E-state index contributed by atoms with van der Waals surface area (Å²) in [4.78, 5) is 15.1. The number of fused-ring (bicyclic) bond motifs is 1. The van der Waals surface area contributed by atoms with Gasteiger partial charge in [0.25, 0.3) is 0 Å². The molecule has 0 spiro atoms. The molecule has 0 radical (unpaired) electrons. The van der Waals surface area contributed by atoms with Crippen LogP contribution in [0, 0.1) is 0 Å². The molecule has 0 aliphatic rings. The van der Waals surface area contributed by atoms with E-state index in [4.69, 9.17) is 0 Å². The molecule has 58 valence electrons. The van der Waals surface area contributed by atoms with E-state index in [0.29, 0.717) is 0 Å². The second-order valence-electron chi connectivity index (χ2n) is 1.98. The fourth-order valence-electron chi connectivity index (χ4n) is 0.898. The maximum absolute atomic E-state index is 4.08. The third-order valence-electron chi connectivity index (χ3n) is 1.38. The van der Waals surface area contributed by atoms with Crippen molar-refractivity contribution in [2.45, 2.75) is 5.03 Å². The van der Waals surface area contributed by atoms with E-state index in [2.05, 4.69) is 19.9 Å². The normalized spacial score (nSPS) is 9.75. The van der Waals surface area contributed by atoms with Gasteiger partial charge in [0.2, 0.25) is 0 Å². The second-order valence-corrected chi connectivity index (χ2v) is 2.78. The third kappa shape index (κ3) is 1.64. The molecule has 2 aromatic rings. The van der Waals surface area contributed by atoms with Gasteiger partial charge in [0.1, 0.15) is 16.9 Å². The van der Waals surface area contributed by atoms with Crippen LogP contribution in [0.2, 0.25) is 0 Å². The van der Waals surface area contributed by atoms with Crippen molar-refractivity contribution in [2.24, 2.45) is 0 Å². The molecular formula is C6H7N4NaS. The Morgan fingerprint density at radius 1 is 1.33 bits per heavy atom. The van der Waals surface area contributed by atoms with Gasteiger partial charge < -0.3 is 4.98 Å². The zero-order chi connectivity index (χ0) is 7.68. The Balaban J connectivity index is 0.000000720. The molecule has 2 heterocycles. The molecule has 0 bridgehead atoms. The average Bonchev–Trinajstić information content (AvgIpc) is 2.50. The van der Waals surface area contributed by atoms with Crippen LogP contribution in [-0.4, -0.2) is 55.7 Å². The number of thioether (sulfide) groups is 1. The fourth-order valence-corrected chi connectivity index (χ4v) is 1.40. The predicted octanol–water partition coefficient (Wildman–Crippen LogP) is 0.426. The first-order valence-corrected chi connectivity index (χ1v) is 4.32.